The van der Waals surface area contributed by atoms with Gasteiger partial charge in [-0.2, -0.15) is 0 Å². The highest BCUT2D eigenvalue weighted by molar-refractivity contribution is 5.92. The molecule has 6 nitrogen and oxygen atoms in total. The van der Waals surface area contributed by atoms with Crippen LogP contribution in [0, 0.1) is 12.8 Å². The number of amides is 1. The Bertz CT molecular complexity index is 496. The van der Waals surface area contributed by atoms with E-state index in [1.54, 1.807) is 24.0 Å². The zero-order valence-electron chi connectivity index (χ0n) is 11.7. The molecular weight excluding hydrogens is 262 g/mol. The summed E-state index contributed by atoms with van der Waals surface area (Å²) in [5, 5.41) is 9.22. The number of carboxylic acid groups (broad SMARTS) is 1. The third-order valence-corrected chi connectivity index (χ3v) is 3.44. The van der Waals surface area contributed by atoms with Gasteiger partial charge in [0.1, 0.15) is 11.7 Å². The summed E-state index contributed by atoms with van der Waals surface area (Å²) in [4.78, 5) is 25.3. The Balaban J connectivity index is 2.22. The second-order valence-electron chi connectivity index (χ2n) is 4.96. The Kier molecular flexibility index (Phi) is 4.44. The predicted molar refractivity (Wildman–Crippen MR) is 70.5 cm³/mol. The van der Waals surface area contributed by atoms with Gasteiger partial charge in [0.05, 0.1) is 19.3 Å². The Hall–Kier alpha value is -1.82. The van der Waals surface area contributed by atoms with Crippen molar-refractivity contribution in [2.45, 2.75) is 26.3 Å². The number of aryl methyl sites for hydroxylation is 1. The van der Waals surface area contributed by atoms with Crippen LogP contribution in [0.5, 0.6) is 0 Å². The third kappa shape index (κ3) is 2.85. The van der Waals surface area contributed by atoms with E-state index in [9.17, 15) is 14.7 Å². The van der Waals surface area contributed by atoms with E-state index in [2.05, 4.69) is 0 Å². The van der Waals surface area contributed by atoms with Crippen molar-refractivity contribution in [3.8, 4) is 0 Å². The maximum atomic E-state index is 12.5. The van der Waals surface area contributed by atoms with Gasteiger partial charge in [0, 0.05) is 6.54 Å². The highest BCUT2D eigenvalue weighted by atomic mass is 16.5. The van der Waals surface area contributed by atoms with E-state index in [1.165, 1.54) is 0 Å². The number of aliphatic carboxylic acids is 1. The number of hydrogen-bond donors (Lipinski definition) is 1. The average molecular weight is 281 g/mol. The number of carbonyl (C=O) groups is 2. The SMILES string of the molecule is CCCN(C(=O)c1ccc(C)o1)C1COCC1C(=O)O. The van der Waals surface area contributed by atoms with Crippen molar-refractivity contribution in [2.24, 2.45) is 5.92 Å². The van der Waals surface area contributed by atoms with Gasteiger partial charge in [-0.25, -0.2) is 0 Å². The number of nitrogens with zero attached hydrogens (tertiary/aromatic N) is 1. The normalized spacial score (nSPS) is 21.9. The minimum atomic E-state index is -0.933. The summed E-state index contributed by atoms with van der Waals surface area (Å²) < 4.78 is 10.6. The number of carboxylic acids is 1. The molecule has 6 heteroatoms. The second-order valence-corrected chi connectivity index (χ2v) is 4.96. The molecule has 2 heterocycles. The largest absolute Gasteiger partial charge is 0.481 e. The van der Waals surface area contributed by atoms with Crippen LogP contribution < -0.4 is 0 Å². The van der Waals surface area contributed by atoms with Gasteiger partial charge in [-0.05, 0) is 25.5 Å². The Morgan fingerprint density at radius 2 is 2.15 bits per heavy atom. The summed E-state index contributed by atoms with van der Waals surface area (Å²) >= 11 is 0. The van der Waals surface area contributed by atoms with Gasteiger partial charge in [0.2, 0.25) is 0 Å². The molecule has 1 aliphatic rings. The number of ether oxygens (including phenoxy) is 1. The van der Waals surface area contributed by atoms with Crippen molar-refractivity contribution in [3.63, 3.8) is 0 Å². The molecule has 1 N–H and O–H groups in total. The molecule has 2 unspecified atom stereocenters. The third-order valence-electron chi connectivity index (χ3n) is 3.44. The molecule has 2 rings (SSSR count). The lowest BCUT2D eigenvalue weighted by Crippen LogP contribution is -2.46. The lowest BCUT2D eigenvalue weighted by molar-refractivity contribution is -0.142. The van der Waals surface area contributed by atoms with Crippen molar-refractivity contribution >= 4 is 11.9 Å². The average Bonchev–Trinajstić information content (AvgIpc) is 3.03. The molecule has 2 atom stereocenters. The first-order valence-electron chi connectivity index (χ1n) is 6.72. The van der Waals surface area contributed by atoms with Crippen LogP contribution >= 0.6 is 0 Å². The lowest BCUT2D eigenvalue weighted by Gasteiger charge is -2.29. The van der Waals surface area contributed by atoms with Crippen LogP contribution in [-0.4, -0.2) is 47.7 Å². The molecule has 1 amide bonds. The molecule has 20 heavy (non-hydrogen) atoms. The topological polar surface area (TPSA) is 80.0 Å². The van der Waals surface area contributed by atoms with E-state index in [1.807, 2.05) is 6.92 Å². The van der Waals surface area contributed by atoms with E-state index in [0.29, 0.717) is 12.3 Å². The Morgan fingerprint density at radius 3 is 2.70 bits per heavy atom. The van der Waals surface area contributed by atoms with Crippen LogP contribution in [0.2, 0.25) is 0 Å². The molecule has 0 spiro atoms. The molecule has 1 aromatic heterocycles. The molecular formula is C14H19NO5. The van der Waals surface area contributed by atoms with E-state index in [0.717, 1.165) is 6.42 Å². The molecule has 0 radical (unpaired) electrons. The smallest absolute Gasteiger partial charge is 0.311 e. The van der Waals surface area contributed by atoms with Gasteiger partial charge < -0.3 is 19.2 Å². The summed E-state index contributed by atoms with van der Waals surface area (Å²) in [6.45, 7) is 4.59. The molecule has 1 aliphatic heterocycles. The molecule has 1 saturated heterocycles. The highest BCUT2D eigenvalue weighted by Crippen LogP contribution is 2.23. The van der Waals surface area contributed by atoms with Gasteiger partial charge in [-0.1, -0.05) is 6.92 Å². The quantitative estimate of drug-likeness (QED) is 0.885. The zero-order valence-corrected chi connectivity index (χ0v) is 11.7. The first kappa shape index (κ1) is 14.6. The van der Waals surface area contributed by atoms with E-state index in [-0.39, 0.29) is 24.9 Å². The molecule has 1 aromatic rings. The van der Waals surface area contributed by atoms with Crippen LogP contribution in [0.4, 0.5) is 0 Å². The van der Waals surface area contributed by atoms with E-state index >= 15 is 0 Å². The van der Waals surface area contributed by atoms with Crippen LogP contribution in [0.1, 0.15) is 29.7 Å². The first-order valence-corrected chi connectivity index (χ1v) is 6.72. The minimum Gasteiger partial charge on any atom is -0.481 e. The zero-order chi connectivity index (χ0) is 14.7. The maximum absolute atomic E-state index is 12.5. The van der Waals surface area contributed by atoms with Gasteiger partial charge in [0.15, 0.2) is 5.76 Å². The van der Waals surface area contributed by atoms with E-state index < -0.39 is 17.9 Å². The first-order chi connectivity index (χ1) is 9.54. The van der Waals surface area contributed by atoms with Crippen molar-refractivity contribution in [1.82, 2.24) is 4.90 Å². The monoisotopic (exact) mass is 281 g/mol. The number of rotatable bonds is 5. The summed E-state index contributed by atoms with van der Waals surface area (Å²) in [7, 11) is 0. The molecule has 0 aromatic carbocycles. The maximum Gasteiger partial charge on any atom is 0.311 e. The summed E-state index contributed by atoms with van der Waals surface area (Å²) in [5.41, 5.74) is 0. The van der Waals surface area contributed by atoms with Crippen LogP contribution in [0.3, 0.4) is 0 Å². The van der Waals surface area contributed by atoms with Crippen LogP contribution in [0.15, 0.2) is 16.5 Å². The molecule has 1 fully saturated rings. The summed E-state index contributed by atoms with van der Waals surface area (Å²) in [6.07, 6.45) is 0.744. The highest BCUT2D eigenvalue weighted by Gasteiger charge is 2.40. The standard InChI is InChI=1S/C14H19NO5/c1-3-6-15(11-8-19-7-10(11)14(17)18)13(16)12-5-4-9(2)20-12/h4-5,10-11H,3,6-8H2,1-2H3,(H,17,18). The van der Waals surface area contributed by atoms with Gasteiger partial charge in [-0.15, -0.1) is 0 Å². The minimum absolute atomic E-state index is 0.144. The molecule has 0 aliphatic carbocycles. The van der Waals surface area contributed by atoms with Crippen LogP contribution in [-0.2, 0) is 9.53 Å². The Labute approximate surface area is 117 Å². The van der Waals surface area contributed by atoms with E-state index in [4.69, 9.17) is 9.15 Å². The van der Waals surface area contributed by atoms with Crippen LogP contribution in [0.25, 0.3) is 0 Å². The fourth-order valence-electron chi connectivity index (χ4n) is 2.44. The molecule has 0 bridgehead atoms. The fourth-order valence-corrected chi connectivity index (χ4v) is 2.44. The van der Waals surface area contributed by atoms with Gasteiger partial charge in [-0.3, -0.25) is 9.59 Å². The molecule has 110 valence electrons. The lowest BCUT2D eigenvalue weighted by atomic mass is 10.0. The van der Waals surface area contributed by atoms with Crippen molar-refractivity contribution < 1.29 is 23.8 Å². The second kappa shape index (κ2) is 6.09. The number of hydrogen-bond acceptors (Lipinski definition) is 4. The van der Waals surface area contributed by atoms with Crippen molar-refractivity contribution in [2.75, 3.05) is 19.8 Å². The summed E-state index contributed by atoms with van der Waals surface area (Å²) in [5.74, 6) is -0.991. The Morgan fingerprint density at radius 1 is 1.40 bits per heavy atom. The fraction of sp³-hybridized carbons (Fsp3) is 0.571. The molecule has 0 saturated carbocycles. The van der Waals surface area contributed by atoms with Crippen molar-refractivity contribution in [1.29, 1.82) is 0 Å². The predicted octanol–water partition coefficient (Wildman–Crippen LogP) is 1.54. The van der Waals surface area contributed by atoms with Gasteiger partial charge >= 0.3 is 5.97 Å². The van der Waals surface area contributed by atoms with Crippen molar-refractivity contribution in [3.05, 3.63) is 23.7 Å². The van der Waals surface area contributed by atoms with Gasteiger partial charge in [0.25, 0.3) is 5.91 Å². The summed E-state index contributed by atoms with van der Waals surface area (Å²) in [6, 6.07) is 2.90. The number of carbonyl (C=O) groups excluding carboxylic acids is 1. The number of furan rings is 1.